The van der Waals surface area contributed by atoms with Crippen LogP contribution in [-0.4, -0.2) is 24.7 Å². The summed E-state index contributed by atoms with van der Waals surface area (Å²) in [5.74, 6) is 0.589. The molecule has 3 heterocycles. The molecule has 0 radical (unpaired) electrons. The molecule has 0 saturated heterocycles. The molecule has 1 aliphatic rings. The monoisotopic (exact) mass is 425 g/mol. The number of alkyl halides is 1. The number of nitrogens with zero attached hydrogens (tertiary/aromatic N) is 5. The molecule has 1 aromatic carbocycles. The lowest BCUT2D eigenvalue weighted by Gasteiger charge is -2.40. The molecule has 4 aromatic rings. The molecule has 7 nitrogen and oxygen atoms in total. The van der Waals surface area contributed by atoms with E-state index in [4.69, 9.17) is 16.1 Å². The van der Waals surface area contributed by atoms with E-state index in [0.717, 1.165) is 5.56 Å². The maximum atomic E-state index is 15.1. The Kier molecular flexibility index (Phi) is 4.39. The van der Waals surface area contributed by atoms with Crippen LogP contribution in [0.3, 0.4) is 0 Å². The van der Waals surface area contributed by atoms with Crippen LogP contribution >= 0.6 is 11.6 Å². The molecule has 1 fully saturated rings. The second-order valence-corrected chi connectivity index (χ2v) is 8.06. The van der Waals surface area contributed by atoms with E-state index in [2.05, 4.69) is 20.1 Å². The zero-order valence-corrected chi connectivity index (χ0v) is 16.8. The number of rotatable bonds is 4. The van der Waals surface area contributed by atoms with Crippen molar-refractivity contribution >= 4 is 22.6 Å². The average Bonchev–Trinajstić information content (AvgIpc) is 3.16. The van der Waals surface area contributed by atoms with Gasteiger partial charge in [-0.05, 0) is 49.1 Å². The van der Waals surface area contributed by atoms with Crippen LogP contribution in [0.1, 0.15) is 41.6 Å². The molecular weight excluding hydrogens is 409 g/mol. The van der Waals surface area contributed by atoms with E-state index in [0.29, 0.717) is 27.4 Å². The molecule has 0 atom stereocenters. The molecule has 0 unspecified atom stereocenters. The topological polar surface area (TPSA) is 86.7 Å². The summed E-state index contributed by atoms with van der Waals surface area (Å²) in [6.07, 6.45) is 3.58. The highest BCUT2D eigenvalue weighted by atomic mass is 35.5. The zero-order chi connectivity index (χ0) is 20.9. The van der Waals surface area contributed by atoms with Gasteiger partial charge < -0.3 is 4.52 Å². The van der Waals surface area contributed by atoms with Gasteiger partial charge in [-0.3, -0.25) is 9.36 Å². The van der Waals surface area contributed by atoms with Gasteiger partial charge in [0.1, 0.15) is 18.5 Å². The minimum absolute atomic E-state index is 0.0911. The smallest absolute Gasteiger partial charge is 0.263 e. The summed E-state index contributed by atoms with van der Waals surface area (Å²) >= 11 is 5.88. The fourth-order valence-corrected chi connectivity index (χ4v) is 4.00. The van der Waals surface area contributed by atoms with Crippen LogP contribution in [0.5, 0.6) is 0 Å². The van der Waals surface area contributed by atoms with Crippen molar-refractivity contribution in [3.05, 3.63) is 81.1 Å². The molecule has 1 saturated carbocycles. The first kappa shape index (κ1) is 18.9. The van der Waals surface area contributed by atoms with Crippen molar-refractivity contribution in [2.45, 2.75) is 37.9 Å². The molecular formula is C21H17ClFN5O2. The Balaban J connectivity index is 1.33. The molecule has 152 valence electrons. The van der Waals surface area contributed by atoms with Crippen LogP contribution in [0, 0.1) is 6.92 Å². The van der Waals surface area contributed by atoms with Crippen molar-refractivity contribution in [1.82, 2.24) is 24.7 Å². The van der Waals surface area contributed by atoms with Gasteiger partial charge in [0.05, 0.1) is 5.39 Å². The van der Waals surface area contributed by atoms with Crippen LogP contribution in [0.15, 0.2) is 52.2 Å². The standard InChI is InChI=1S/C21H17ClFN5O2/c1-12-6-7-24-19-17(12)20(29)28(11-25-19)10-16-26-18(27-30-16)13-8-21(23,9-13)14-2-4-15(22)5-3-14/h2-7,11,13H,8-10H2,1H3. The first-order valence-electron chi connectivity index (χ1n) is 9.51. The molecule has 0 N–H and O–H groups in total. The number of fused-ring (bicyclic) bond motifs is 1. The number of halogens is 2. The average molecular weight is 426 g/mol. The molecule has 0 bridgehead atoms. The van der Waals surface area contributed by atoms with E-state index in [1.54, 1.807) is 36.5 Å². The molecule has 5 rings (SSSR count). The van der Waals surface area contributed by atoms with Gasteiger partial charge in [-0.2, -0.15) is 4.98 Å². The van der Waals surface area contributed by atoms with Crippen molar-refractivity contribution in [3.63, 3.8) is 0 Å². The Labute approximate surface area is 175 Å². The fourth-order valence-electron chi connectivity index (χ4n) is 3.87. The summed E-state index contributed by atoms with van der Waals surface area (Å²) in [5, 5.41) is 5.03. The third-order valence-corrected chi connectivity index (χ3v) is 5.84. The van der Waals surface area contributed by atoms with Crippen molar-refractivity contribution < 1.29 is 8.91 Å². The van der Waals surface area contributed by atoms with E-state index in [1.165, 1.54) is 10.9 Å². The highest BCUT2D eigenvalue weighted by Crippen LogP contribution is 2.53. The van der Waals surface area contributed by atoms with Crippen molar-refractivity contribution in [1.29, 1.82) is 0 Å². The van der Waals surface area contributed by atoms with Crippen molar-refractivity contribution in [2.75, 3.05) is 0 Å². The number of pyridine rings is 1. The quantitative estimate of drug-likeness (QED) is 0.492. The van der Waals surface area contributed by atoms with Crippen LogP contribution < -0.4 is 5.56 Å². The Hall–Kier alpha value is -3.13. The summed E-state index contributed by atoms with van der Waals surface area (Å²) in [7, 11) is 0. The van der Waals surface area contributed by atoms with Gasteiger partial charge in [0.25, 0.3) is 5.56 Å². The summed E-state index contributed by atoms with van der Waals surface area (Å²) in [6, 6.07) is 8.54. The SMILES string of the molecule is Cc1ccnc2ncn(Cc3nc(C4CC(F)(c5ccc(Cl)cc5)C4)no3)c(=O)c12. The maximum Gasteiger partial charge on any atom is 0.263 e. The van der Waals surface area contributed by atoms with Gasteiger partial charge >= 0.3 is 0 Å². The second kappa shape index (κ2) is 6.98. The lowest BCUT2D eigenvalue weighted by Crippen LogP contribution is -2.36. The third-order valence-electron chi connectivity index (χ3n) is 5.59. The summed E-state index contributed by atoms with van der Waals surface area (Å²) < 4.78 is 21.8. The van der Waals surface area contributed by atoms with E-state index in [1.807, 2.05) is 6.92 Å². The molecule has 0 spiro atoms. The first-order valence-corrected chi connectivity index (χ1v) is 9.89. The minimum Gasteiger partial charge on any atom is -0.337 e. The molecule has 9 heteroatoms. The van der Waals surface area contributed by atoms with E-state index < -0.39 is 5.67 Å². The fraction of sp³-hybridized carbons (Fsp3) is 0.286. The van der Waals surface area contributed by atoms with Crippen LogP contribution in [-0.2, 0) is 12.2 Å². The highest BCUT2D eigenvalue weighted by Gasteiger charge is 2.48. The van der Waals surface area contributed by atoms with Crippen LogP contribution in [0.25, 0.3) is 11.0 Å². The summed E-state index contributed by atoms with van der Waals surface area (Å²) in [4.78, 5) is 25.5. The third kappa shape index (κ3) is 3.17. The lowest BCUT2D eigenvalue weighted by atomic mass is 9.68. The predicted octanol–water partition coefficient (Wildman–Crippen LogP) is 3.93. The molecule has 30 heavy (non-hydrogen) atoms. The molecule has 0 amide bonds. The molecule has 1 aliphatic carbocycles. The Morgan fingerprint density at radius 2 is 2.00 bits per heavy atom. The second-order valence-electron chi connectivity index (χ2n) is 7.63. The number of aromatic nitrogens is 5. The van der Waals surface area contributed by atoms with Gasteiger partial charge in [-0.1, -0.05) is 28.9 Å². The van der Waals surface area contributed by atoms with Gasteiger partial charge in [0, 0.05) is 17.1 Å². The Morgan fingerprint density at radius 3 is 2.77 bits per heavy atom. The number of hydrogen-bond donors (Lipinski definition) is 0. The Bertz CT molecular complexity index is 1290. The minimum atomic E-state index is -1.42. The van der Waals surface area contributed by atoms with E-state index in [-0.39, 0.29) is 36.8 Å². The number of aryl methyl sites for hydroxylation is 1. The summed E-state index contributed by atoms with van der Waals surface area (Å²) in [6.45, 7) is 1.93. The summed E-state index contributed by atoms with van der Waals surface area (Å²) in [5.41, 5.74) is 0.163. The van der Waals surface area contributed by atoms with E-state index in [9.17, 15) is 4.79 Å². The highest BCUT2D eigenvalue weighted by molar-refractivity contribution is 6.30. The van der Waals surface area contributed by atoms with Crippen LogP contribution in [0.2, 0.25) is 5.02 Å². The predicted molar refractivity (Wildman–Crippen MR) is 108 cm³/mol. The number of hydrogen-bond acceptors (Lipinski definition) is 6. The Morgan fingerprint density at radius 1 is 1.23 bits per heavy atom. The van der Waals surface area contributed by atoms with E-state index >= 15 is 4.39 Å². The van der Waals surface area contributed by atoms with Crippen molar-refractivity contribution in [2.24, 2.45) is 0 Å². The zero-order valence-electron chi connectivity index (χ0n) is 16.0. The maximum absolute atomic E-state index is 15.1. The largest absolute Gasteiger partial charge is 0.337 e. The first-order chi connectivity index (χ1) is 14.4. The number of benzene rings is 1. The lowest BCUT2D eigenvalue weighted by molar-refractivity contribution is 0.0336. The molecule has 0 aliphatic heterocycles. The normalized spacial score (nSPS) is 21.0. The molecule has 3 aromatic heterocycles. The van der Waals surface area contributed by atoms with Crippen molar-refractivity contribution in [3.8, 4) is 0 Å². The van der Waals surface area contributed by atoms with Gasteiger partial charge in [-0.25, -0.2) is 14.4 Å². The van der Waals surface area contributed by atoms with Gasteiger partial charge in [0.2, 0.25) is 5.89 Å². The van der Waals surface area contributed by atoms with Gasteiger partial charge in [0.15, 0.2) is 11.5 Å². The van der Waals surface area contributed by atoms with Crippen LogP contribution in [0.4, 0.5) is 4.39 Å². The van der Waals surface area contributed by atoms with Gasteiger partial charge in [-0.15, -0.1) is 0 Å².